The molecular weight excluding hydrogens is 389 g/mol. The Bertz CT molecular complexity index is 863. The molecule has 0 aliphatic carbocycles. The van der Waals surface area contributed by atoms with Gasteiger partial charge in [-0.2, -0.15) is 13.2 Å². The Morgan fingerprint density at radius 2 is 2.10 bits per heavy atom. The van der Waals surface area contributed by atoms with Crippen molar-refractivity contribution in [3.8, 4) is 5.75 Å². The second-order valence-corrected chi connectivity index (χ2v) is 7.02. The lowest BCUT2D eigenvalue weighted by Gasteiger charge is -2.37. The minimum Gasteiger partial charge on any atom is -0.491 e. The quantitative estimate of drug-likeness (QED) is 0.701. The van der Waals surface area contributed by atoms with Gasteiger partial charge in [-0.15, -0.1) is 0 Å². The summed E-state index contributed by atoms with van der Waals surface area (Å²) >= 11 is 0. The van der Waals surface area contributed by atoms with Gasteiger partial charge in [0, 0.05) is 25.2 Å². The predicted octanol–water partition coefficient (Wildman–Crippen LogP) is 3.22. The third-order valence-corrected chi connectivity index (χ3v) is 4.60. The number of nitrogens with zero attached hydrogens (tertiary/aromatic N) is 4. The first-order valence-electron chi connectivity index (χ1n) is 9.08. The Balaban J connectivity index is 1.71. The third-order valence-electron chi connectivity index (χ3n) is 4.60. The minimum absolute atomic E-state index is 0.0244. The number of esters is 1. The summed E-state index contributed by atoms with van der Waals surface area (Å²) in [6.45, 7) is 3.36. The zero-order valence-corrected chi connectivity index (χ0v) is 16.0. The number of anilines is 1. The second kappa shape index (κ2) is 8.62. The molecule has 0 bridgehead atoms. The Morgan fingerprint density at radius 1 is 1.31 bits per heavy atom. The largest absolute Gasteiger partial charge is 0.491 e. The van der Waals surface area contributed by atoms with Crippen LogP contribution >= 0.6 is 0 Å². The van der Waals surface area contributed by atoms with Crippen LogP contribution in [0.5, 0.6) is 5.75 Å². The first-order valence-corrected chi connectivity index (χ1v) is 9.08. The number of hydrogen-bond acceptors (Lipinski definition) is 7. The van der Waals surface area contributed by atoms with Crippen LogP contribution in [0.2, 0.25) is 0 Å². The topological polar surface area (TPSA) is 77.4 Å². The van der Waals surface area contributed by atoms with Crippen molar-refractivity contribution in [2.45, 2.75) is 19.5 Å². The fraction of sp³-hybridized carbons (Fsp3) is 0.474. The molecular formula is C19H21F3N4O3. The summed E-state index contributed by atoms with van der Waals surface area (Å²) in [5, 5.41) is 0. The van der Waals surface area contributed by atoms with Gasteiger partial charge in [0.1, 0.15) is 11.6 Å². The lowest BCUT2D eigenvalue weighted by Crippen LogP contribution is -2.42. The van der Waals surface area contributed by atoms with E-state index in [9.17, 15) is 18.0 Å². The summed E-state index contributed by atoms with van der Waals surface area (Å²) in [7, 11) is 1.26. The Hall–Kier alpha value is -2.91. The molecule has 2 aromatic heterocycles. The number of halogens is 3. The molecule has 0 spiro atoms. The van der Waals surface area contributed by atoms with Crippen LogP contribution in [-0.4, -0.2) is 47.7 Å². The lowest BCUT2D eigenvalue weighted by atomic mass is 9.91. The van der Waals surface area contributed by atoms with Crippen molar-refractivity contribution in [1.82, 2.24) is 15.0 Å². The van der Waals surface area contributed by atoms with Gasteiger partial charge in [0.15, 0.2) is 11.4 Å². The van der Waals surface area contributed by atoms with E-state index in [1.54, 1.807) is 6.20 Å². The smallest absolute Gasteiger partial charge is 0.437 e. The summed E-state index contributed by atoms with van der Waals surface area (Å²) in [6, 6.07) is 2.68. The average Bonchev–Trinajstić information content (AvgIpc) is 2.71. The van der Waals surface area contributed by atoms with Crippen molar-refractivity contribution in [1.29, 1.82) is 0 Å². The van der Waals surface area contributed by atoms with Crippen LogP contribution in [0.3, 0.4) is 0 Å². The fourth-order valence-electron chi connectivity index (χ4n) is 3.43. The zero-order valence-electron chi connectivity index (χ0n) is 16.0. The van der Waals surface area contributed by atoms with Crippen LogP contribution in [0.15, 0.2) is 30.7 Å². The summed E-state index contributed by atoms with van der Waals surface area (Å²) in [6.07, 6.45) is 0.178. The zero-order chi connectivity index (χ0) is 21.0. The van der Waals surface area contributed by atoms with E-state index in [1.807, 2.05) is 11.8 Å². The Kier molecular flexibility index (Phi) is 6.19. The lowest BCUT2D eigenvalue weighted by molar-refractivity contribution is -0.142. The summed E-state index contributed by atoms with van der Waals surface area (Å²) in [4.78, 5) is 25.4. The first kappa shape index (κ1) is 20.8. The van der Waals surface area contributed by atoms with E-state index < -0.39 is 17.8 Å². The number of hydrogen-bond donors (Lipinski definition) is 0. The molecule has 0 aromatic carbocycles. The van der Waals surface area contributed by atoms with Crippen LogP contribution in [0.1, 0.15) is 29.5 Å². The van der Waals surface area contributed by atoms with E-state index in [0.29, 0.717) is 18.9 Å². The SMILES string of the molecule is COC(=O)c1cncc(N2CC(C)CC(COc3cccnc3C(F)(F)F)C2)n1. The number of carbonyl (C=O) groups is 1. The van der Waals surface area contributed by atoms with Gasteiger partial charge in [0.2, 0.25) is 0 Å². The normalized spacial score (nSPS) is 19.7. The van der Waals surface area contributed by atoms with E-state index >= 15 is 0 Å². The summed E-state index contributed by atoms with van der Waals surface area (Å²) < 4.78 is 49.4. The van der Waals surface area contributed by atoms with Crippen LogP contribution in [0.4, 0.5) is 19.0 Å². The van der Waals surface area contributed by atoms with Gasteiger partial charge in [-0.25, -0.2) is 14.8 Å². The maximum Gasteiger partial charge on any atom is 0.437 e. The molecule has 0 saturated carbocycles. The van der Waals surface area contributed by atoms with Gasteiger partial charge >= 0.3 is 12.1 Å². The molecule has 0 radical (unpaired) electrons. The number of rotatable bonds is 5. The van der Waals surface area contributed by atoms with Gasteiger partial charge in [0.05, 0.1) is 26.1 Å². The predicted molar refractivity (Wildman–Crippen MR) is 97.6 cm³/mol. The molecule has 1 aliphatic heterocycles. The van der Waals surface area contributed by atoms with Gasteiger partial charge in [0.25, 0.3) is 0 Å². The van der Waals surface area contributed by atoms with Crippen molar-refractivity contribution < 1.29 is 27.4 Å². The van der Waals surface area contributed by atoms with Gasteiger partial charge in [-0.1, -0.05) is 6.92 Å². The number of alkyl halides is 3. The van der Waals surface area contributed by atoms with E-state index in [1.165, 1.54) is 25.4 Å². The van der Waals surface area contributed by atoms with Crippen molar-refractivity contribution in [2.24, 2.45) is 11.8 Å². The van der Waals surface area contributed by atoms with Crippen LogP contribution in [0, 0.1) is 11.8 Å². The summed E-state index contributed by atoms with van der Waals surface area (Å²) in [5.74, 6) is -0.111. The molecule has 2 unspecified atom stereocenters. The molecule has 7 nitrogen and oxygen atoms in total. The number of pyridine rings is 1. The van der Waals surface area contributed by atoms with Crippen LogP contribution in [-0.2, 0) is 10.9 Å². The molecule has 0 N–H and O–H groups in total. The van der Waals surface area contributed by atoms with Crippen molar-refractivity contribution in [2.75, 3.05) is 31.7 Å². The van der Waals surface area contributed by atoms with Crippen molar-refractivity contribution >= 4 is 11.8 Å². The number of piperidine rings is 1. The number of carbonyl (C=O) groups excluding carboxylic acids is 1. The molecule has 1 fully saturated rings. The molecule has 29 heavy (non-hydrogen) atoms. The van der Waals surface area contributed by atoms with Crippen molar-refractivity contribution in [3.05, 3.63) is 42.1 Å². The average molecular weight is 410 g/mol. The van der Waals surface area contributed by atoms with E-state index in [4.69, 9.17) is 4.74 Å². The third kappa shape index (κ3) is 5.12. The van der Waals surface area contributed by atoms with Crippen LogP contribution < -0.4 is 9.64 Å². The highest BCUT2D eigenvalue weighted by molar-refractivity contribution is 5.87. The molecule has 1 aliphatic rings. The van der Waals surface area contributed by atoms with E-state index in [-0.39, 0.29) is 29.9 Å². The van der Waals surface area contributed by atoms with E-state index in [0.717, 1.165) is 12.6 Å². The maximum atomic E-state index is 13.1. The van der Waals surface area contributed by atoms with Gasteiger partial charge in [-0.3, -0.25) is 4.98 Å². The second-order valence-electron chi connectivity index (χ2n) is 7.02. The Morgan fingerprint density at radius 3 is 2.83 bits per heavy atom. The highest BCUT2D eigenvalue weighted by atomic mass is 19.4. The highest BCUT2D eigenvalue weighted by Crippen LogP contribution is 2.35. The summed E-state index contributed by atoms with van der Waals surface area (Å²) in [5.41, 5.74) is -0.932. The molecule has 0 amide bonds. The van der Waals surface area contributed by atoms with Crippen molar-refractivity contribution in [3.63, 3.8) is 0 Å². The number of methoxy groups -OCH3 is 1. The highest BCUT2D eigenvalue weighted by Gasteiger charge is 2.36. The first-order chi connectivity index (χ1) is 13.8. The fourth-order valence-corrected chi connectivity index (χ4v) is 3.43. The van der Waals surface area contributed by atoms with Gasteiger partial charge in [-0.05, 0) is 24.5 Å². The number of ether oxygens (including phenoxy) is 2. The molecule has 156 valence electrons. The van der Waals surface area contributed by atoms with E-state index in [2.05, 4.69) is 19.7 Å². The molecule has 1 saturated heterocycles. The maximum absolute atomic E-state index is 13.1. The molecule has 3 rings (SSSR count). The molecule has 3 heterocycles. The molecule has 2 aromatic rings. The monoisotopic (exact) mass is 410 g/mol. The number of aromatic nitrogens is 3. The molecule has 2 atom stereocenters. The Labute approximate surface area is 165 Å². The van der Waals surface area contributed by atoms with Gasteiger partial charge < -0.3 is 14.4 Å². The molecule has 10 heteroatoms. The minimum atomic E-state index is -4.58. The van der Waals surface area contributed by atoms with Crippen LogP contribution in [0.25, 0.3) is 0 Å². The standard InChI is InChI=1S/C19H21F3N4O3/c1-12-6-13(11-29-15-4-3-5-24-17(15)19(20,21)22)10-26(9-12)16-8-23-7-14(25-16)18(27)28-2/h3-5,7-8,12-13H,6,9-11H2,1-2H3.